The molecule has 8 nitrogen and oxygen atoms in total. The SMILES string of the molecule is CO[PH+](OC)OC.[C-]#[O+].[C-]#[O+].[C-]#[O+].[C-]#[O+].[C-]#[O+].[Mo]. The summed E-state index contributed by atoms with van der Waals surface area (Å²) < 4.78 is 51.6. The van der Waals surface area contributed by atoms with E-state index in [1.807, 2.05) is 0 Å². The van der Waals surface area contributed by atoms with Crippen LogP contribution in [0.2, 0.25) is 0 Å². The predicted octanol–water partition coefficient (Wildman–Crippen LogP) is 0.695. The minimum Gasteiger partial charge on any atom is 0 e. The third-order valence-corrected chi connectivity index (χ3v) is 1.50. The van der Waals surface area contributed by atoms with Gasteiger partial charge in [0.05, 0.1) is 21.3 Å². The standard InChI is InChI=1S/C3H10O3P.5CO.Mo/c1-4-7(5-2)6-3;5*1-2;/h7H,1-3H3;;;;;;/q+1;;;;;;. The van der Waals surface area contributed by atoms with E-state index in [0.717, 1.165) is 0 Å². The predicted molar refractivity (Wildman–Crippen MR) is 49.0 cm³/mol. The number of hydrogen-bond donors (Lipinski definition) is 0. The molecule has 0 spiro atoms. The van der Waals surface area contributed by atoms with Crippen molar-refractivity contribution in [3.63, 3.8) is 0 Å². The first kappa shape index (κ1) is 43.1. The monoisotopic (exact) mass is 363 g/mol. The maximum absolute atomic E-state index is 7.50. The Labute approximate surface area is 121 Å². The van der Waals surface area contributed by atoms with E-state index in [-0.39, 0.29) is 21.1 Å². The van der Waals surface area contributed by atoms with Gasteiger partial charge in [0.25, 0.3) is 0 Å². The van der Waals surface area contributed by atoms with Crippen molar-refractivity contribution < 1.29 is 57.9 Å². The third-order valence-electron chi connectivity index (χ3n) is 0.500. The molecule has 0 radical (unpaired) electrons. The van der Waals surface area contributed by atoms with E-state index in [1.54, 1.807) is 21.3 Å². The Morgan fingerprint density at radius 2 is 0.667 bits per heavy atom. The van der Waals surface area contributed by atoms with Gasteiger partial charge in [-0.1, -0.05) is 0 Å². The molecule has 0 rings (SSSR count). The molecule has 0 atom stereocenters. The molecule has 0 aliphatic rings. The molecule has 0 saturated heterocycles. The second-order valence-electron chi connectivity index (χ2n) is 0.862. The summed E-state index contributed by atoms with van der Waals surface area (Å²) in [7, 11) is 3.31. The second-order valence-corrected chi connectivity index (χ2v) is 2.59. The van der Waals surface area contributed by atoms with E-state index in [2.05, 4.69) is 33.3 Å². The molecule has 0 aliphatic carbocycles. The number of hydrogen-bond acceptors (Lipinski definition) is 3. The quantitative estimate of drug-likeness (QED) is 0.318. The van der Waals surface area contributed by atoms with Crippen LogP contribution in [0.25, 0.3) is 0 Å². The fourth-order valence-electron chi connectivity index (χ4n) is 0.250. The van der Waals surface area contributed by atoms with Gasteiger partial charge in [-0.25, -0.2) is 0 Å². The van der Waals surface area contributed by atoms with Crippen molar-refractivity contribution in [2.24, 2.45) is 0 Å². The summed E-state index contributed by atoms with van der Waals surface area (Å²) in [5.41, 5.74) is 0. The van der Waals surface area contributed by atoms with Gasteiger partial charge in [0, 0.05) is 21.1 Å². The van der Waals surface area contributed by atoms with E-state index < -0.39 is 8.60 Å². The van der Waals surface area contributed by atoms with Crippen molar-refractivity contribution in [2.75, 3.05) is 21.3 Å². The van der Waals surface area contributed by atoms with Crippen molar-refractivity contribution in [3.8, 4) is 0 Å². The molecule has 0 N–H and O–H groups in total. The summed E-state index contributed by atoms with van der Waals surface area (Å²) in [6, 6.07) is 0. The Kier molecular flexibility index (Phi) is 304. The number of rotatable bonds is 3. The van der Waals surface area contributed by atoms with Crippen LogP contribution in [0, 0.1) is 33.3 Å². The average Bonchev–Trinajstić information content (AvgIpc) is 2.51. The van der Waals surface area contributed by atoms with Crippen LogP contribution in [0.4, 0.5) is 0 Å². The van der Waals surface area contributed by atoms with Crippen LogP contribution in [0.15, 0.2) is 0 Å². The molecule has 100 valence electrons. The zero-order valence-electron chi connectivity index (χ0n) is 9.67. The van der Waals surface area contributed by atoms with Crippen LogP contribution in [0.1, 0.15) is 0 Å². The van der Waals surface area contributed by atoms with Crippen molar-refractivity contribution >= 4 is 8.60 Å². The van der Waals surface area contributed by atoms with E-state index in [1.165, 1.54) is 0 Å². The normalized spacial score (nSPS) is 4.56. The molecular weight excluding hydrogens is 351 g/mol. The Hall–Kier alpha value is -0.302. The molecule has 0 bridgehead atoms. The Bertz CT molecular complexity index is 143. The Morgan fingerprint density at radius 1 is 0.556 bits per heavy atom. The van der Waals surface area contributed by atoms with Crippen LogP contribution < -0.4 is 0 Å². The van der Waals surface area contributed by atoms with Crippen molar-refractivity contribution in [1.82, 2.24) is 0 Å². The first-order valence-electron chi connectivity index (χ1n) is 2.86. The molecule has 0 aliphatic heterocycles. The van der Waals surface area contributed by atoms with Gasteiger partial charge in [-0.05, 0) is 0 Å². The minimum atomic E-state index is -1.36. The molecule has 0 amide bonds. The van der Waals surface area contributed by atoms with Gasteiger partial charge >= 0.3 is 65.1 Å². The zero-order chi connectivity index (χ0) is 15.7. The van der Waals surface area contributed by atoms with Crippen molar-refractivity contribution in [3.05, 3.63) is 33.3 Å². The zero-order valence-corrected chi connectivity index (χ0v) is 12.7. The molecule has 0 aromatic rings. The molecule has 18 heavy (non-hydrogen) atoms. The van der Waals surface area contributed by atoms with Crippen molar-refractivity contribution in [2.45, 2.75) is 0 Å². The second kappa shape index (κ2) is 127. The molecule has 0 aromatic carbocycles. The van der Waals surface area contributed by atoms with Crippen LogP contribution in [-0.4, -0.2) is 21.3 Å². The Balaban J connectivity index is -0.0000000189. The molecule has 0 heterocycles. The summed E-state index contributed by atoms with van der Waals surface area (Å²) in [5.74, 6) is 0. The van der Waals surface area contributed by atoms with E-state index in [4.69, 9.17) is 36.8 Å². The van der Waals surface area contributed by atoms with E-state index in [9.17, 15) is 0 Å². The Morgan fingerprint density at radius 3 is 0.667 bits per heavy atom. The van der Waals surface area contributed by atoms with Crippen LogP contribution in [-0.2, 0) is 57.9 Å². The average molecular weight is 361 g/mol. The summed E-state index contributed by atoms with van der Waals surface area (Å²) in [5, 5.41) is 0. The van der Waals surface area contributed by atoms with Crippen LogP contribution >= 0.6 is 8.60 Å². The fraction of sp³-hybridized carbons (Fsp3) is 0.375. The maximum atomic E-state index is 7.50. The summed E-state index contributed by atoms with van der Waals surface area (Å²) in [6.45, 7) is 22.5. The van der Waals surface area contributed by atoms with E-state index >= 15 is 0 Å². The van der Waals surface area contributed by atoms with E-state index in [0.29, 0.717) is 0 Å². The molecule has 0 aromatic heterocycles. The van der Waals surface area contributed by atoms with Gasteiger partial charge in [-0.2, -0.15) is 13.6 Å². The maximum Gasteiger partial charge on any atom is 0 e. The minimum absolute atomic E-state index is 0. The van der Waals surface area contributed by atoms with Gasteiger partial charge in [0.2, 0.25) is 0 Å². The third kappa shape index (κ3) is 104. The largest absolute Gasteiger partial charge is 0 e. The topological polar surface area (TPSA) is 127 Å². The summed E-state index contributed by atoms with van der Waals surface area (Å²) in [4.78, 5) is 0. The van der Waals surface area contributed by atoms with Gasteiger partial charge in [-0.3, -0.25) is 0 Å². The smallest absolute Gasteiger partial charge is 0 e. The van der Waals surface area contributed by atoms with Crippen molar-refractivity contribution in [1.29, 1.82) is 0 Å². The van der Waals surface area contributed by atoms with Crippen LogP contribution in [0.3, 0.4) is 0 Å². The van der Waals surface area contributed by atoms with Gasteiger partial charge in [0.1, 0.15) is 0 Å². The first-order valence-corrected chi connectivity index (χ1v) is 4.08. The molecule has 0 saturated carbocycles. The molecule has 0 unspecified atom stereocenters. The summed E-state index contributed by atoms with van der Waals surface area (Å²) >= 11 is 0. The molecular formula is C8H10MoO8P+. The fourth-order valence-corrected chi connectivity index (χ4v) is 0.750. The van der Waals surface area contributed by atoms with Gasteiger partial charge in [0.15, 0.2) is 0 Å². The van der Waals surface area contributed by atoms with Gasteiger partial charge < -0.3 is 0 Å². The first-order chi connectivity index (χ1) is 8.35. The summed E-state index contributed by atoms with van der Waals surface area (Å²) in [6.07, 6.45) is 0. The molecule has 10 heteroatoms. The molecule has 0 fully saturated rings. The van der Waals surface area contributed by atoms with Gasteiger partial charge in [-0.15, -0.1) is 0 Å². The van der Waals surface area contributed by atoms with Crippen LogP contribution in [0.5, 0.6) is 0 Å².